The highest BCUT2D eigenvalue weighted by Crippen LogP contribution is 2.27. The monoisotopic (exact) mass is 360 g/mol. The zero-order valence-corrected chi connectivity index (χ0v) is 13.9. The van der Waals surface area contributed by atoms with Crippen LogP contribution in [0.15, 0.2) is 27.1 Å². The fraction of sp³-hybridized carbons (Fsp3) is 0.357. The number of carbonyl (C=O) groups excluding carboxylic acids is 1. The number of hydrogen-bond acceptors (Lipinski definition) is 3. The quantitative estimate of drug-likeness (QED) is 0.804. The minimum absolute atomic E-state index is 0. The van der Waals surface area contributed by atoms with Gasteiger partial charge in [-0.25, -0.2) is 0 Å². The third-order valence-corrected chi connectivity index (χ3v) is 3.49. The molecule has 0 atom stereocenters. The average molecular weight is 362 g/mol. The molecule has 0 fully saturated rings. The Morgan fingerprint density at radius 1 is 1.35 bits per heavy atom. The maximum atomic E-state index is 12.0. The molecule has 0 spiro atoms. The van der Waals surface area contributed by atoms with Gasteiger partial charge < -0.3 is 15.1 Å². The lowest BCUT2D eigenvalue weighted by Crippen LogP contribution is -2.26. The predicted molar refractivity (Wildman–Crippen MR) is 86.8 cm³/mol. The average Bonchev–Trinajstić information content (AvgIpc) is 2.72. The Hall–Kier alpha value is -1.04. The maximum absolute atomic E-state index is 12.0. The van der Waals surface area contributed by atoms with Crippen molar-refractivity contribution in [2.75, 3.05) is 20.1 Å². The van der Waals surface area contributed by atoms with Gasteiger partial charge in [0.25, 0.3) is 5.91 Å². The Labute approximate surface area is 132 Å². The van der Waals surface area contributed by atoms with E-state index in [0.717, 1.165) is 34.0 Å². The topological polar surface area (TPSA) is 54.3 Å². The lowest BCUT2D eigenvalue weighted by atomic mass is 10.1. The van der Waals surface area contributed by atoms with Crippen LogP contribution in [0.3, 0.4) is 0 Å². The molecular weight excluding hydrogens is 344 g/mol. The number of aryl methyl sites for hydroxylation is 1. The van der Waals surface area contributed by atoms with E-state index < -0.39 is 0 Å². The van der Waals surface area contributed by atoms with E-state index in [4.69, 9.17) is 4.42 Å². The molecule has 4 nitrogen and oxygen atoms in total. The first kappa shape index (κ1) is 17.0. The van der Waals surface area contributed by atoms with Crippen LogP contribution in [0, 0.1) is 6.92 Å². The Balaban J connectivity index is 0.00000200. The molecule has 20 heavy (non-hydrogen) atoms. The van der Waals surface area contributed by atoms with E-state index in [1.54, 1.807) is 0 Å². The summed E-state index contributed by atoms with van der Waals surface area (Å²) in [5, 5.41) is 6.87. The zero-order valence-electron chi connectivity index (χ0n) is 11.5. The van der Waals surface area contributed by atoms with E-state index in [-0.39, 0.29) is 18.3 Å². The summed E-state index contributed by atoms with van der Waals surface area (Å²) in [5.74, 6) is 0.249. The minimum Gasteiger partial charge on any atom is -0.451 e. The summed E-state index contributed by atoms with van der Waals surface area (Å²) in [6.45, 7) is 3.42. The molecule has 6 heteroatoms. The Kier molecular flexibility index (Phi) is 6.52. The van der Waals surface area contributed by atoms with E-state index in [2.05, 4.69) is 26.6 Å². The van der Waals surface area contributed by atoms with Crippen molar-refractivity contribution in [1.82, 2.24) is 10.6 Å². The van der Waals surface area contributed by atoms with Crippen molar-refractivity contribution in [3.8, 4) is 0 Å². The van der Waals surface area contributed by atoms with Crippen molar-refractivity contribution in [1.29, 1.82) is 0 Å². The molecule has 1 amide bonds. The summed E-state index contributed by atoms with van der Waals surface area (Å²) in [5.41, 5.74) is 1.61. The van der Waals surface area contributed by atoms with E-state index in [1.807, 2.05) is 32.2 Å². The summed E-state index contributed by atoms with van der Waals surface area (Å²) in [4.78, 5) is 12.0. The molecule has 0 radical (unpaired) electrons. The van der Waals surface area contributed by atoms with Crippen molar-refractivity contribution >= 4 is 45.2 Å². The molecule has 0 aliphatic rings. The van der Waals surface area contributed by atoms with Gasteiger partial charge in [0, 0.05) is 22.0 Å². The van der Waals surface area contributed by atoms with Gasteiger partial charge in [-0.1, -0.05) is 15.9 Å². The molecule has 1 heterocycles. The second-order valence-corrected chi connectivity index (χ2v) is 5.33. The van der Waals surface area contributed by atoms with E-state index in [0.29, 0.717) is 12.3 Å². The van der Waals surface area contributed by atoms with Crippen molar-refractivity contribution < 1.29 is 9.21 Å². The molecule has 0 aliphatic carbocycles. The first-order valence-corrected chi connectivity index (χ1v) is 7.04. The van der Waals surface area contributed by atoms with Crippen molar-refractivity contribution in [2.24, 2.45) is 0 Å². The molecule has 0 aliphatic heterocycles. The first-order valence-electron chi connectivity index (χ1n) is 6.25. The highest BCUT2D eigenvalue weighted by molar-refractivity contribution is 9.10. The number of benzene rings is 1. The van der Waals surface area contributed by atoms with Crippen molar-refractivity contribution in [2.45, 2.75) is 13.3 Å². The summed E-state index contributed by atoms with van der Waals surface area (Å²) >= 11 is 3.42. The largest absolute Gasteiger partial charge is 0.451 e. The van der Waals surface area contributed by atoms with Gasteiger partial charge in [0.1, 0.15) is 5.58 Å². The van der Waals surface area contributed by atoms with Gasteiger partial charge in [0.05, 0.1) is 0 Å². The van der Waals surface area contributed by atoms with Crippen LogP contribution in [0.1, 0.15) is 22.5 Å². The number of amides is 1. The number of halogens is 2. The molecule has 1 aromatic heterocycles. The standard InChI is InChI=1S/C14H17BrN2O2.ClH/c1-9-11-8-10(15)4-5-12(11)19-13(9)14(18)17-7-3-6-16-2;/h4-5,8,16H,3,6-7H2,1-2H3,(H,17,18);1H. The van der Waals surface area contributed by atoms with Crippen LogP contribution in [-0.4, -0.2) is 26.0 Å². The van der Waals surface area contributed by atoms with Crippen LogP contribution < -0.4 is 10.6 Å². The Bertz CT molecular complexity index is 598. The fourth-order valence-corrected chi connectivity index (χ4v) is 2.32. The molecule has 2 aromatic rings. The van der Waals surface area contributed by atoms with Crippen LogP contribution in [-0.2, 0) is 0 Å². The van der Waals surface area contributed by atoms with Gasteiger partial charge in [-0.15, -0.1) is 12.4 Å². The lowest BCUT2D eigenvalue weighted by Gasteiger charge is -2.03. The van der Waals surface area contributed by atoms with Crippen LogP contribution in [0.2, 0.25) is 0 Å². The van der Waals surface area contributed by atoms with Crippen LogP contribution >= 0.6 is 28.3 Å². The predicted octanol–water partition coefficient (Wildman–Crippen LogP) is 3.26. The number of fused-ring (bicyclic) bond motifs is 1. The first-order chi connectivity index (χ1) is 9.13. The van der Waals surface area contributed by atoms with Crippen LogP contribution in [0.5, 0.6) is 0 Å². The van der Waals surface area contributed by atoms with Gasteiger partial charge in [-0.2, -0.15) is 0 Å². The number of nitrogens with one attached hydrogen (secondary N) is 2. The normalized spacial score (nSPS) is 10.3. The Morgan fingerprint density at radius 2 is 2.10 bits per heavy atom. The minimum atomic E-state index is -0.152. The molecule has 0 saturated carbocycles. The van der Waals surface area contributed by atoms with Gasteiger partial charge in [-0.05, 0) is 45.1 Å². The summed E-state index contributed by atoms with van der Waals surface area (Å²) < 4.78 is 6.60. The van der Waals surface area contributed by atoms with Gasteiger partial charge in [0.15, 0.2) is 5.76 Å². The molecule has 0 unspecified atom stereocenters. The second-order valence-electron chi connectivity index (χ2n) is 4.41. The molecule has 0 bridgehead atoms. The maximum Gasteiger partial charge on any atom is 0.287 e. The number of carbonyl (C=O) groups is 1. The number of hydrogen-bond donors (Lipinski definition) is 2. The van der Waals surface area contributed by atoms with Gasteiger partial charge in [-0.3, -0.25) is 4.79 Å². The van der Waals surface area contributed by atoms with E-state index in [9.17, 15) is 4.79 Å². The van der Waals surface area contributed by atoms with Gasteiger partial charge in [0.2, 0.25) is 0 Å². The summed E-state index contributed by atoms with van der Waals surface area (Å²) in [7, 11) is 1.89. The zero-order chi connectivity index (χ0) is 13.8. The van der Waals surface area contributed by atoms with Crippen molar-refractivity contribution in [3.63, 3.8) is 0 Å². The fourth-order valence-electron chi connectivity index (χ4n) is 1.96. The molecule has 0 saturated heterocycles. The van der Waals surface area contributed by atoms with E-state index in [1.165, 1.54) is 0 Å². The van der Waals surface area contributed by atoms with Crippen LogP contribution in [0.4, 0.5) is 0 Å². The third kappa shape index (κ3) is 3.75. The molecule has 110 valence electrons. The smallest absolute Gasteiger partial charge is 0.287 e. The lowest BCUT2D eigenvalue weighted by molar-refractivity contribution is 0.0927. The molecular formula is C14H18BrClN2O2. The van der Waals surface area contributed by atoms with Crippen LogP contribution in [0.25, 0.3) is 11.0 Å². The van der Waals surface area contributed by atoms with Gasteiger partial charge >= 0.3 is 0 Å². The highest BCUT2D eigenvalue weighted by atomic mass is 79.9. The number of rotatable bonds is 5. The Morgan fingerprint density at radius 3 is 2.80 bits per heavy atom. The second kappa shape index (κ2) is 7.67. The number of furan rings is 1. The van der Waals surface area contributed by atoms with E-state index >= 15 is 0 Å². The molecule has 2 N–H and O–H groups in total. The summed E-state index contributed by atoms with van der Waals surface area (Å²) in [6.07, 6.45) is 0.896. The third-order valence-electron chi connectivity index (χ3n) is 2.99. The summed E-state index contributed by atoms with van der Waals surface area (Å²) in [6, 6.07) is 5.73. The molecule has 2 rings (SSSR count). The SMILES string of the molecule is CNCCCNC(=O)c1oc2ccc(Br)cc2c1C.Cl. The molecule has 1 aromatic carbocycles. The van der Waals surface area contributed by atoms with Crippen molar-refractivity contribution in [3.05, 3.63) is 34.0 Å². The highest BCUT2D eigenvalue weighted by Gasteiger charge is 2.17.